The van der Waals surface area contributed by atoms with Crippen molar-refractivity contribution >= 4 is 0 Å². The molecule has 0 radical (unpaired) electrons. The second kappa shape index (κ2) is 10.9. The minimum Gasteiger partial charge on any atom is -0.0654 e. The molecule has 0 nitrogen and oxygen atoms in total. The molecule has 0 heteroatoms. The average Bonchev–Trinajstić information content (AvgIpc) is 2.38. The van der Waals surface area contributed by atoms with Crippen molar-refractivity contribution < 1.29 is 0 Å². The van der Waals surface area contributed by atoms with Gasteiger partial charge in [-0.3, -0.25) is 0 Å². The van der Waals surface area contributed by atoms with Crippen LogP contribution in [-0.2, 0) is 0 Å². The summed E-state index contributed by atoms with van der Waals surface area (Å²) in [7, 11) is 0. The molecule has 4 unspecified atom stereocenters. The first-order valence-electron chi connectivity index (χ1n) is 8.58. The third-order valence-electron chi connectivity index (χ3n) is 5.18. The van der Waals surface area contributed by atoms with Gasteiger partial charge in [0.25, 0.3) is 0 Å². The van der Waals surface area contributed by atoms with E-state index in [4.69, 9.17) is 0 Å². The molecule has 0 amide bonds. The van der Waals surface area contributed by atoms with E-state index < -0.39 is 0 Å². The van der Waals surface area contributed by atoms with E-state index in [0.717, 1.165) is 23.7 Å². The van der Waals surface area contributed by atoms with Gasteiger partial charge >= 0.3 is 0 Å². The van der Waals surface area contributed by atoms with Gasteiger partial charge in [-0.05, 0) is 23.7 Å². The van der Waals surface area contributed by atoms with E-state index in [-0.39, 0.29) is 0 Å². The fourth-order valence-electron chi connectivity index (χ4n) is 3.37. The van der Waals surface area contributed by atoms with Crippen molar-refractivity contribution in [2.45, 2.75) is 92.9 Å². The molecule has 110 valence electrons. The van der Waals surface area contributed by atoms with Gasteiger partial charge in [0.2, 0.25) is 0 Å². The van der Waals surface area contributed by atoms with Crippen LogP contribution in [0.3, 0.4) is 0 Å². The third-order valence-corrected chi connectivity index (χ3v) is 5.18. The molecule has 0 aliphatic rings. The van der Waals surface area contributed by atoms with Gasteiger partial charge in [0.15, 0.2) is 0 Å². The maximum absolute atomic E-state index is 2.49. The van der Waals surface area contributed by atoms with Gasteiger partial charge in [-0.2, -0.15) is 0 Å². The second-order valence-electron chi connectivity index (χ2n) is 6.50. The molecule has 0 aliphatic carbocycles. The molecule has 18 heavy (non-hydrogen) atoms. The zero-order valence-electron chi connectivity index (χ0n) is 14.0. The molecule has 0 saturated carbocycles. The van der Waals surface area contributed by atoms with E-state index in [0.29, 0.717) is 0 Å². The summed E-state index contributed by atoms with van der Waals surface area (Å²) in [4.78, 5) is 0. The standard InChI is InChI=1S/C18H38/c1-7-10-11-12-13-14-16(5)18(9-3)17(6)15(4)8-2/h15-18H,7-14H2,1-6H3. The van der Waals surface area contributed by atoms with Crippen LogP contribution in [0.15, 0.2) is 0 Å². The summed E-state index contributed by atoms with van der Waals surface area (Å²) in [6.07, 6.45) is 11.3. The Labute approximate surface area is 117 Å². The third kappa shape index (κ3) is 6.81. The van der Waals surface area contributed by atoms with Gasteiger partial charge in [0.05, 0.1) is 0 Å². The highest BCUT2D eigenvalue weighted by Gasteiger charge is 2.24. The van der Waals surface area contributed by atoms with E-state index in [2.05, 4.69) is 41.5 Å². The fourth-order valence-corrected chi connectivity index (χ4v) is 3.37. The monoisotopic (exact) mass is 254 g/mol. The highest BCUT2D eigenvalue weighted by atomic mass is 14.3. The van der Waals surface area contributed by atoms with Gasteiger partial charge in [0, 0.05) is 0 Å². The van der Waals surface area contributed by atoms with Crippen LogP contribution in [0, 0.1) is 23.7 Å². The Morgan fingerprint density at radius 3 is 1.78 bits per heavy atom. The minimum atomic E-state index is 0.887. The van der Waals surface area contributed by atoms with Crippen LogP contribution in [0.1, 0.15) is 92.9 Å². The Hall–Kier alpha value is 0. The first-order chi connectivity index (χ1) is 8.58. The molecule has 0 spiro atoms. The SMILES string of the molecule is CCCCCCCC(C)C(CC)C(C)C(C)CC. The van der Waals surface area contributed by atoms with Crippen molar-refractivity contribution in [1.82, 2.24) is 0 Å². The minimum absolute atomic E-state index is 0.887. The van der Waals surface area contributed by atoms with E-state index in [1.54, 1.807) is 0 Å². The lowest BCUT2D eigenvalue weighted by Gasteiger charge is -2.32. The molecular formula is C18H38. The summed E-state index contributed by atoms with van der Waals surface area (Å²) in [6, 6.07) is 0. The molecule has 0 fully saturated rings. The van der Waals surface area contributed by atoms with Crippen LogP contribution >= 0.6 is 0 Å². The number of hydrogen-bond acceptors (Lipinski definition) is 0. The summed E-state index contributed by atoms with van der Waals surface area (Å²) < 4.78 is 0. The van der Waals surface area contributed by atoms with E-state index in [9.17, 15) is 0 Å². The topological polar surface area (TPSA) is 0 Å². The van der Waals surface area contributed by atoms with Crippen LogP contribution in [0.4, 0.5) is 0 Å². The van der Waals surface area contributed by atoms with Crippen molar-refractivity contribution in [2.24, 2.45) is 23.7 Å². The smallest absolute Gasteiger partial charge is 0.0363 e. The van der Waals surface area contributed by atoms with Crippen LogP contribution in [-0.4, -0.2) is 0 Å². The van der Waals surface area contributed by atoms with Gasteiger partial charge in [-0.15, -0.1) is 0 Å². The van der Waals surface area contributed by atoms with Crippen LogP contribution in [0.25, 0.3) is 0 Å². The maximum Gasteiger partial charge on any atom is -0.0363 e. The lowest BCUT2D eigenvalue weighted by molar-refractivity contribution is 0.175. The van der Waals surface area contributed by atoms with E-state index in [1.807, 2.05) is 0 Å². The highest BCUT2D eigenvalue weighted by Crippen LogP contribution is 2.33. The van der Waals surface area contributed by atoms with Crippen LogP contribution in [0.2, 0.25) is 0 Å². The number of unbranched alkanes of at least 4 members (excludes halogenated alkanes) is 4. The van der Waals surface area contributed by atoms with Gasteiger partial charge in [-0.1, -0.05) is 92.9 Å². The lowest BCUT2D eigenvalue weighted by Crippen LogP contribution is -2.24. The second-order valence-corrected chi connectivity index (χ2v) is 6.50. The molecule has 4 atom stereocenters. The van der Waals surface area contributed by atoms with Gasteiger partial charge in [-0.25, -0.2) is 0 Å². The summed E-state index contributed by atoms with van der Waals surface area (Å²) in [6.45, 7) is 14.4. The largest absolute Gasteiger partial charge is 0.0654 e. The highest BCUT2D eigenvalue weighted by molar-refractivity contribution is 4.74. The van der Waals surface area contributed by atoms with Gasteiger partial charge in [0.1, 0.15) is 0 Å². The average molecular weight is 255 g/mol. The zero-order chi connectivity index (χ0) is 14.0. The predicted molar refractivity (Wildman–Crippen MR) is 84.9 cm³/mol. The molecule has 0 N–H and O–H groups in total. The predicted octanol–water partition coefficient (Wildman–Crippen LogP) is 6.69. The van der Waals surface area contributed by atoms with Crippen molar-refractivity contribution in [3.05, 3.63) is 0 Å². The lowest BCUT2D eigenvalue weighted by atomic mass is 9.73. The van der Waals surface area contributed by atoms with Crippen LogP contribution in [0.5, 0.6) is 0 Å². The molecule has 0 rings (SSSR count). The Balaban J connectivity index is 3.98. The summed E-state index contributed by atoms with van der Waals surface area (Å²) in [5, 5.41) is 0. The molecule has 0 aliphatic heterocycles. The molecule has 0 bridgehead atoms. The molecule has 0 aromatic heterocycles. The van der Waals surface area contributed by atoms with Gasteiger partial charge < -0.3 is 0 Å². The van der Waals surface area contributed by atoms with Crippen molar-refractivity contribution in [1.29, 1.82) is 0 Å². The number of hydrogen-bond donors (Lipinski definition) is 0. The Bertz CT molecular complexity index is 173. The Morgan fingerprint density at radius 1 is 0.667 bits per heavy atom. The van der Waals surface area contributed by atoms with Crippen molar-refractivity contribution in [3.8, 4) is 0 Å². The van der Waals surface area contributed by atoms with E-state index in [1.165, 1.54) is 51.4 Å². The zero-order valence-corrected chi connectivity index (χ0v) is 14.0. The molecule has 0 saturated heterocycles. The Kier molecular flexibility index (Phi) is 10.9. The molecule has 0 heterocycles. The summed E-state index contributed by atoms with van der Waals surface area (Å²) >= 11 is 0. The van der Waals surface area contributed by atoms with E-state index >= 15 is 0 Å². The summed E-state index contributed by atoms with van der Waals surface area (Å²) in [5.74, 6) is 3.63. The first kappa shape index (κ1) is 18.0. The molecular weight excluding hydrogens is 216 g/mol. The number of rotatable bonds is 11. The maximum atomic E-state index is 2.49. The fraction of sp³-hybridized carbons (Fsp3) is 1.00. The van der Waals surface area contributed by atoms with Crippen molar-refractivity contribution in [3.63, 3.8) is 0 Å². The Morgan fingerprint density at radius 2 is 1.28 bits per heavy atom. The summed E-state index contributed by atoms with van der Waals surface area (Å²) in [5.41, 5.74) is 0. The van der Waals surface area contributed by atoms with Crippen LogP contribution < -0.4 is 0 Å². The molecule has 0 aromatic carbocycles. The first-order valence-corrected chi connectivity index (χ1v) is 8.58. The quantitative estimate of drug-likeness (QED) is 0.360. The van der Waals surface area contributed by atoms with Crippen molar-refractivity contribution in [2.75, 3.05) is 0 Å². The normalized spacial score (nSPS) is 18.3. The molecule has 0 aromatic rings.